The lowest BCUT2D eigenvalue weighted by molar-refractivity contribution is -0.152. The Bertz CT molecular complexity index is 830. The van der Waals surface area contributed by atoms with Crippen LogP contribution >= 0.6 is 11.8 Å². The van der Waals surface area contributed by atoms with Crippen molar-refractivity contribution in [3.8, 4) is 0 Å². The van der Waals surface area contributed by atoms with Gasteiger partial charge in [-0.3, -0.25) is 9.59 Å². The van der Waals surface area contributed by atoms with E-state index in [4.69, 9.17) is 4.74 Å². The summed E-state index contributed by atoms with van der Waals surface area (Å²) in [5.41, 5.74) is -0.561. The summed E-state index contributed by atoms with van der Waals surface area (Å²) in [4.78, 5) is 24.4. The summed E-state index contributed by atoms with van der Waals surface area (Å²) < 4.78 is 57.3. The highest BCUT2D eigenvalue weighted by molar-refractivity contribution is 7.99. The van der Waals surface area contributed by atoms with E-state index in [-0.39, 0.29) is 12.2 Å². The summed E-state index contributed by atoms with van der Waals surface area (Å²) in [7, 11) is 0. The molecule has 0 bridgehead atoms. The monoisotopic (exact) mass is 401 g/mol. The fourth-order valence-corrected chi connectivity index (χ4v) is 2.78. The van der Waals surface area contributed by atoms with Gasteiger partial charge >= 0.3 is 5.97 Å². The van der Waals surface area contributed by atoms with Crippen LogP contribution in [0.5, 0.6) is 0 Å². The Balaban J connectivity index is 1.80. The number of rotatable bonds is 7. The van der Waals surface area contributed by atoms with Gasteiger partial charge in [0, 0.05) is 10.6 Å². The van der Waals surface area contributed by atoms with Crippen LogP contribution in [0.1, 0.15) is 13.3 Å². The first-order valence-electron chi connectivity index (χ1n) is 7.80. The Labute approximate surface area is 156 Å². The standard InChI is InChI=1S/C18H15F4NO3S/c1-10(18(25)23-14-7-6-13(20)16(21)17(14)22)26-15(24)8-9-27-12-4-2-11(19)3-5-12/h2-7,10H,8-9H2,1H3,(H,23,25)/t10-/m1/s1. The molecule has 2 aromatic rings. The Morgan fingerprint density at radius 1 is 1.04 bits per heavy atom. The summed E-state index contributed by atoms with van der Waals surface area (Å²) in [6, 6.07) is 7.25. The summed E-state index contributed by atoms with van der Waals surface area (Å²) >= 11 is 1.31. The van der Waals surface area contributed by atoms with Gasteiger partial charge in [0.2, 0.25) is 0 Å². The predicted molar refractivity (Wildman–Crippen MR) is 92.2 cm³/mol. The highest BCUT2D eigenvalue weighted by Gasteiger charge is 2.21. The Kier molecular flexibility index (Phi) is 7.23. The van der Waals surface area contributed by atoms with Crippen molar-refractivity contribution in [1.29, 1.82) is 0 Å². The van der Waals surface area contributed by atoms with Crippen molar-refractivity contribution in [3.05, 3.63) is 59.7 Å². The van der Waals surface area contributed by atoms with E-state index in [1.54, 1.807) is 12.1 Å². The lowest BCUT2D eigenvalue weighted by Crippen LogP contribution is -2.30. The van der Waals surface area contributed by atoms with Crippen molar-refractivity contribution in [2.24, 2.45) is 0 Å². The van der Waals surface area contributed by atoms with E-state index in [0.29, 0.717) is 11.8 Å². The van der Waals surface area contributed by atoms with Crippen LogP contribution in [-0.4, -0.2) is 23.7 Å². The first-order chi connectivity index (χ1) is 12.8. The van der Waals surface area contributed by atoms with Crippen molar-refractivity contribution in [1.82, 2.24) is 0 Å². The molecule has 2 rings (SSSR count). The lowest BCUT2D eigenvalue weighted by Gasteiger charge is -2.14. The fraction of sp³-hybridized carbons (Fsp3) is 0.222. The molecule has 0 saturated heterocycles. The van der Waals surface area contributed by atoms with Gasteiger partial charge in [0.15, 0.2) is 23.6 Å². The third kappa shape index (κ3) is 5.99. The van der Waals surface area contributed by atoms with Crippen molar-refractivity contribution in [2.75, 3.05) is 11.1 Å². The second kappa shape index (κ2) is 9.40. The molecule has 0 aliphatic carbocycles. The first kappa shape index (κ1) is 20.8. The van der Waals surface area contributed by atoms with Crippen LogP contribution in [0.15, 0.2) is 41.3 Å². The number of anilines is 1. The van der Waals surface area contributed by atoms with Crippen LogP contribution in [0.25, 0.3) is 0 Å². The minimum absolute atomic E-state index is 0.0147. The third-order valence-corrected chi connectivity index (χ3v) is 4.37. The summed E-state index contributed by atoms with van der Waals surface area (Å²) in [6.45, 7) is 1.26. The molecule has 0 spiro atoms. The molecule has 2 aromatic carbocycles. The average molecular weight is 401 g/mol. The van der Waals surface area contributed by atoms with E-state index in [1.807, 2.05) is 5.32 Å². The largest absolute Gasteiger partial charge is 0.453 e. The van der Waals surface area contributed by atoms with Crippen LogP contribution in [0.4, 0.5) is 23.2 Å². The SMILES string of the molecule is C[C@@H](OC(=O)CCSc1ccc(F)cc1)C(=O)Nc1ccc(F)c(F)c1F. The van der Waals surface area contributed by atoms with Crippen LogP contribution in [0.2, 0.25) is 0 Å². The van der Waals surface area contributed by atoms with E-state index < -0.39 is 41.1 Å². The van der Waals surface area contributed by atoms with E-state index in [2.05, 4.69) is 0 Å². The van der Waals surface area contributed by atoms with Crippen LogP contribution in [0, 0.1) is 23.3 Å². The van der Waals surface area contributed by atoms with Crippen molar-refractivity contribution >= 4 is 29.3 Å². The molecule has 1 amide bonds. The topological polar surface area (TPSA) is 55.4 Å². The molecule has 4 nitrogen and oxygen atoms in total. The highest BCUT2D eigenvalue weighted by atomic mass is 32.2. The number of carbonyl (C=O) groups is 2. The zero-order valence-corrected chi connectivity index (χ0v) is 14.9. The van der Waals surface area contributed by atoms with Gasteiger partial charge < -0.3 is 10.1 Å². The molecule has 0 aliphatic rings. The van der Waals surface area contributed by atoms with Crippen molar-refractivity contribution in [2.45, 2.75) is 24.3 Å². The molecular formula is C18H15F4NO3S. The number of ether oxygens (including phenoxy) is 1. The van der Waals surface area contributed by atoms with Gasteiger partial charge in [-0.1, -0.05) is 0 Å². The number of hydrogen-bond acceptors (Lipinski definition) is 4. The minimum atomic E-state index is -1.71. The molecule has 0 fully saturated rings. The van der Waals surface area contributed by atoms with E-state index >= 15 is 0 Å². The second-order valence-electron chi connectivity index (χ2n) is 5.40. The molecule has 9 heteroatoms. The molecule has 27 heavy (non-hydrogen) atoms. The van der Waals surface area contributed by atoms with Crippen LogP contribution < -0.4 is 5.32 Å². The van der Waals surface area contributed by atoms with E-state index in [0.717, 1.165) is 11.0 Å². The average Bonchev–Trinajstić information content (AvgIpc) is 2.63. The molecule has 1 N–H and O–H groups in total. The van der Waals surface area contributed by atoms with E-state index in [1.165, 1.54) is 30.8 Å². The molecule has 0 unspecified atom stereocenters. The number of thioether (sulfide) groups is 1. The predicted octanol–water partition coefficient (Wildman–Crippen LogP) is 4.30. The van der Waals surface area contributed by atoms with Gasteiger partial charge in [0.1, 0.15) is 5.82 Å². The van der Waals surface area contributed by atoms with Gasteiger partial charge in [-0.25, -0.2) is 17.6 Å². The maximum absolute atomic E-state index is 13.5. The molecule has 144 valence electrons. The van der Waals surface area contributed by atoms with Gasteiger partial charge in [-0.15, -0.1) is 11.8 Å². The quantitative estimate of drug-likeness (QED) is 0.325. The zero-order chi connectivity index (χ0) is 20.0. The number of carbonyl (C=O) groups excluding carboxylic acids is 2. The van der Waals surface area contributed by atoms with Gasteiger partial charge in [0.25, 0.3) is 5.91 Å². The minimum Gasteiger partial charge on any atom is -0.453 e. The Morgan fingerprint density at radius 2 is 1.70 bits per heavy atom. The molecular weight excluding hydrogens is 386 g/mol. The summed E-state index contributed by atoms with van der Waals surface area (Å²) in [5.74, 6) is -6.22. The first-order valence-corrected chi connectivity index (χ1v) is 8.78. The third-order valence-electron chi connectivity index (χ3n) is 3.36. The normalized spacial score (nSPS) is 11.7. The fourth-order valence-electron chi connectivity index (χ4n) is 1.95. The van der Waals surface area contributed by atoms with Crippen LogP contribution in [-0.2, 0) is 14.3 Å². The maximum atomic E-state index is 13.5. The zero-order valence-electron chi connectivity index (χ0n) is 14.1. The Hall–Kier alpha value is -2.55. The number of hydrogen-bond donors (Lipinski definition) is 1. The van der Waals surface area contributed by atoms with Gasteiger partial charge in [0.05, 0.1) is 12.1 Å². The molecule has 0 saturated carbocycles. The smallest absolute Gasteiger partial charge is 0.307 e. The molecule has 0 radical (unpaired) electrons. The maximum Gasteiger partial charge on any atom is 0.307 e. The number of esters is 1. The Morgan fingerprint density at radius 3 is 2.37 bits per heavy atom. The van der Waals surface area contributed by atoms with Gasteiger partial charge in [-0.2, -0.15) is 0 Å². The molecule has 0 heterocycles. The van der Waals surface area contributed by atoms with Crippen molar-refractivity contribution in [3.63, 3.8) is 0 Å². The number of halogens is 4. The van der Waals surface area contributed by atoms with E-state index in [9.17, 15) is 27.2 Å². The number of amides is 1. The highest BCUT2D eigenvalue weighted by Crippen LogP contribution is 2.21. The summed E-state index contributed by atoms with van der Waals surface area (Å²) in [6.07, 6.45) is -1.28. The lowest BCUT2D eigenvalue weighted by atomic mass is 10.2. The number of nitrogens with one attached hydrogen (secondary N) is 1. The molecule has 0 aliphatic heterocycles. The summed E-state index contributed by atoms with van der Waals surface area (Å²) in [5, 5.41) is 2.03. The molecule has 1 atom stereocenters. The van der Waals surface area contributed by atoms with Crippen LogP contribution in [0.3, 0.4) is 0 Å². The van der Waals surface area contributed by atoms with Crippen molar-refractivity contribution < 1.29 is 31.9 Å². The van der Waals surface area contributed by atoms with Gasteiger partial charge in [-0.05, 0) is 43.3 Å². The molecule has 0 aromatic heterocycles. The number of benzene rings is 2. The second-order valence-corrected chi connectivity index (χ2v) is 6.56.